The molecule has 0 unspecified atom stereocenters. The summed E-state index contributed by atoms with van der Waals surface area (Å²) in [6, 6.07) is 9.32. The number of nitrogens with one attached hydrogen (secondary N) is 1. The Kier molecular flexibility index (Phi) is 6.03. The molecule has 0 spiro atoms. The van der Waals surface area contributed by atoms with Crippen LogP contribution < -0.4 is 10.1 Å². The first-order chi connectivity index (χ1) is 10.0. The van der Waals surface area contributed by atoms with Gasteiger partial charge in [0.05, 0.1) is 4.47 Å². The number of hydrogen-bond donors (Lipinski definition) is 1. The molecule has 1 aromatic carbocycles. The first kappa shape index (κ1) is 16.3. The van der Waals surface area contributed by atoms with Gasteiger partial charge in [0.1, 0.15) is 5.75 Å². The Labute approximate surface area is 138 Å². The number of benzene rings is 1. The highest BCUT2D eigenvalue weighted by atomic mass is 79.9. The zero-order chi connectivity index (χ0) is 15.2. The molecule has 5 heteroatoms. The van der Waals surface area contributed by atoms with Gasteiger partial charge in [-0.1, -0.05) is 25.4 Å². The Hall–Kier alpha value is -1.10. The van der Waals surface area contributed by atoms with Crippen LogP contribution in [-0.2, 0) is 6.54 Å². The Morgan fingerprint density at radius 3 is 2.81 bits per heavy atom. The SMILES string of the molecule is CC(C)CNCc1ccnc(Oc2ccc(Cl)cc2Br)c1. The molecule has 1 heterocycles. The lowest BCUT2D eigenvalue weighted by Gasteiger charge is -2.10. The molecule has 0 amide bonds. The zero-order valence-corrected chi connectivity index (χ0v) is 14.4. The van der Waals surface area contributed by atoms with Crippen molar-refractivity contribution in [3.8, 4) is 11.6 Å². The summed E-state index contributed by atoms with van der Waals surface area (Å²) in [7, 11) is 0. The summed E-state index contributed by atoms with van der Waals surface area (Å²) in [5.41, 5.74) is 1.14. The largest absolute Gasteiger partial charge is 0.438 e. The molecule has 0 saturated carbocycles. The fourth-order valence-electron chi connectivity index (χ4n) is 1.79. The standard InChI is InChI=1S/C16H18BrClN2O/c1-11(2)9-19-10-12-5-6-20-16(7-12)21-15-4-3-13(18)8-14(15)17/h3-8,11,19H,9-10H2,1-2H3. The molecule has 0 fully saturated rings. The molecule has 1 N–H and O–H groups in total. The van der Waals surface area contributed by atoms with Crippen molar-refractivity contribution >= 4 is 27.5 Å². The van der Waals surface area contributed by atoms with Crippen molar-refractivity contribution in [2.75, 3.05) is 6.54 Å². The third-order valence-corrected chi connectivity index (χ3v) is 3.64. The van der Waals surface area contributed by atoms with Gasteiger partial charge in [-0.25, -0.2) is 4.98 Å². The van der Waals surface area contributed by atoms with Crippen LogP contribution in [0.3, 0.4) is 0 Å². The summed E-state index contributed by atoms with van der Waals surface area (Å²) in [5, 5.41) is 4.06. The van der Waals surface area contributed by atoms with Crippen molar-refractivity contribution < 1.29 is 4.74 Å². The minimum atomic E-state index is 0.571. The van der Waals surface area contributed by atoms with Gasteiger partial charge in [-0.3, -0.25) is 0 Å². The van der Waals surface area contributed by atoms with Crippen molar-refractivity contribution in [3.05, 3.63) is 51.6 Å². The minimum Gasteiger partial charge on any atom is -0.438 e. The predicted octanol–water partition coefficient (Wildman–Crippen LogP) is 5.04. The summed E-state index contributed by atoms with van der Waals surface area (Å²) < 4.78 is 6.59. The number of hydrogen-bond acceptors (Lipinski definition) is 3. The Bertz CT molecular complexity index is 605. The molecule has 1 aromatic heterocycles. The molecule has 2 rings (SSSR count). The second kappa shape index (κ2) is 7.78. The van der Waals surface area contributed by atoms with Crippen molar-refractivity contribution in [2.45, 2.75) is 20.4 Å². The first-order valence-electron chi connectivity index (χ1n) is 6.83. The molecule has 0 aliphatic carbocycles. The average Bonchev–Trinajstić information content (AvgIpc) is 2.42. The normalized spacial score (nSPS) is 10.9. The molecule has 112 valence electrons. The highest BCUT2D eigenvalue weighted by Gasteiger charge is 2.05. The molecule has 0 saturated heterocycles. The van der Waals surface area contributed by atoms with E-state index in [0.29, 0.717) is 22.6 Å². The molecule has 0 bridgehead atoms. The van der Waals surface area contributed by atoms with E-state index in [1.807, 2.05) is 18.2 Å². The van der Waals surface area contributed by atoms with Gasteiger partial charge >= 0.3 is 0 Å². The van der Waals surface area contributed by atoms with Crippen LogP contribution in [0.1, 0.15) is 19.4 Å². The van der Waals surface area contributed by atoms with Crippen molar-refractivity contribution in [2.24, 2.45) is 5.92 Å². The third-order valence-electron chi connectivity index (χ3n) is 2.79. The van der Waals surface area contributed by atoms with Gasteiger partial charge in [0.25, 0.3) is 0 Å². The Morgan fingerprint density at radius 2 is 2.10 bits per heavy atom. The van der Waals surface area contributed by atoms with Gasteiger partial charge in [-0.2, -0.15) is 0 Å². The van der Waals surface area contributed by atoms with Crippen molar-refractivity contribution in [3.63, 3.8) is 0 Å². The van der Waals surface area contributed by atoms with Crippen LogP contribution in [0.2, 0.25) is 5.02 Å². The molecule has 3 nitrogen and oxygen atoms in total. The topological polar surface area (TPSA) is 34.2 Å². The smallest absolute Gasteiger partial charge is 0.219 e. The number of halogens is 2. The van der Waals surface area contributed by atoms with E-state index in [-0.39, 0.29) is 0 Å². The van der Waals surface area contributed by atoms with Crippen molar-refractivity contribution in [1.29, 1.82) is 0 Å². The lowest BCUT2D eigenvalue weighted by molar-refractivity contribution is 0.458. The van der Waals surface area contributed by atoms with Crippen LogP contribution in [0.15, 0.2) is 41.0 Å². The molecule has 0 radical (unpaired) electrons. The molecular weight excluding hydrogens is 352 g/mol. The summed E-state index contributed by atoms with van der Waals surface area (Å²) in [5.74, 6) is 1.90. The average molecular weight is 370 g/mol. The number of rotatable bonds is 6. The highest BCUT2D eigenvalue weighted by Crippen LogP contribution is 2.31. The predicted molar refractivity (Wildman–Crippen MR) is 90.0 cm³/mol. The molecule has 0 atom stereocenters. The monoisotopic (exact) mass is 368 g/mol. The van der Waals surface area contributed by atoms with Gasteiger partial charge in [0.2, 0.25) is 5.88 Å². The Morgan fingerprint density at radius 1 is 1.29 bits per heavy atom. The van der Waals surface area contributed by atoms with E-state index in [1.54, 1.807) is 18.3 Å². The van der Waals surface area contributed by atoms with E-state index in [1.165, 1.54) is 0 Å². The lowest BCUT2D eigenvalue weighted by atomic mass is 10.2. The maximum atomic E-state index is 5.92. The second-order valence-electron chi connectivity index (χ2n) is 5.20. The first-order valence-corrected chi connectivity index (χ1v) is 8.00. The van der Waals surface area contributed by atoms with Crippen molar-refractivity contribution in [1.82, 2.24) is 10.3 Å². The maximum absolute atomic E-state index is 5.92. The molecule has 21 heavy (non-hydrogen) atoms. The van der Waals surface area contributed by atoms with E-state index >= 15 is 0 Å². The van der Waals surface area contributed by atoms with Crippen LogP contribution in [0.25, 0.3) is 0 Å². The molecule has 2 aromatic rings. The maximum Gasteiger partial charge on any atom is 0.219 e. The highest BCUT2D eigenvalue weighted by molar-refractivity contribution is 9.10. The van der Waals surface area contributed by atoms with Crippen LogP contribution in [0.4, 0.5) is 0 Å². The van der Waals surface area contributed by atoms with E-state index < -0.39 is 0 Å². The summed E-state index contributed by atoms with van der Waals surface area (Å²) in [4.78, 5) is 4.24. The lowest BCUT2D eigenvalue weighted by Crippen LogP contribution is -2.18. The van der Waals surface area contributed by atoms with Crippen LogP contribution in [0.5, 0.6) is 11.6 Å². The van der Waals surface area contributed by atoms with Gasteiger partial charge in [0, 0.05) is 23.8 Å². The molecular formula is C16H18BrClN2O. The third kappa shape index (κ3) is 5.30. The van der Waals surface area contributed by atoms with Crippen LogP contribution >= 0.6 is 27.5 Å². The quantitative estimate of drug-likeness (QED) is 0.775. The van der Waals surface area contributed by atoms with E-state index in [0.717, 1.165) is 23.1 Å². The fourth-order valence-corrected chi connectivity index (χ4v) is 2.56. The van der Waals surface area contributed by atoms with Crippen LogP contribution in [-0.4, -0.2) is 11.5 Å². The zero-order valence-electron chi connectivity index (χ0n) is 12.1. The second-order valence-corrected chi connectivity index (χ2v) is 6.49. The number of nitrogens with zero attached hydrogens (tertiary/aromatic N) is 1. The Balaban J connectivity index is 2.03. The summed E-state index contributed by atoms with van der Waals surface area (Å²) >= 11 is 9.35. The molecule has 0 aliphatic heterocycles. The van der Waals surface area contributed by atoms with E-state index in [2.05, 4.69) is 40.1 Å². The summed E-state index contributed by atoms with van der Waals surface area (Å²) in [6.45, 7) is 6.17. The van der Waals surface area contributed by atoms with Gasteiger partial charge in [-0.15, -0.1) is 0 Å². The van der Waals surface area contributed by atoms with Gasteiger partial charge < -0.3 is 10.1 Å². The fraction of sp³-hybridized carbons (Fsp3) is 0.312. The van der Waals surface area contributed by atoms with E-state index in [4.69, 9.17) is 16.3 Å². The molecule has 0 aliphatic rings. The number of ether oxygens (including phenoxy) is 1. The summed E-state index contributed by atoms with van der Waals surface area (Å²) in [6.07, 6.45) is 1.76. The van der Waals surface area contributed by atoms with E-state index in [9.17, 15) is 0 Å². The number of pyridine rings is 1. The van der Waals surface area contributed by atoms with Gasteiger partial charge in [-0.05, 0) is 58.2 Å². The van der Waals surface area contributed by atoms with Gasteiger partial charge in [0.15, 0.2) is 0 Å². The minimum absolute atomic E-state index is 0.571. The van der Waals surface area contributed by atoms with Crippen LogP contribution in [0, 0.1) is 5.92 Å². The number of aromatic nitrogens is 1.